The average molecular weight is 581 g/mol. The quantitative estimate of drug-likeness (QED) is 0.176. The fraction of sp³-hybridized carbons (Fsp3) is 0.190. The predicted octanol–water partition coefficient (Wildman–Crippen LogP) is 9.96. The largest absolute Gasteiger partial charge is 0.375 e. The highest BCUT2D eigenvalue weighted by Gasteiger charge is 2.43. The molecule has 0 spiro atoms. The van der Waals surface area contributed by atoms with Crippen molar-refractivity contribution < 1.29 is 0 Å². The molecule has 2 aliphatic heterocycles. The van der Waals surface area contributed by atoms with E-state index in [0.29, 0.717) is 0 Å². The lowest BCUT2D eigenvalue weighted by Crippen LogP contribution is -2.56. The van der Waals surface area contributed by atoms with Gasteiger partial charge in [0.2, 0.25) is 0 Å². The zero-order chi connectivity index (χ0) is 30.8. The summed E-state index contributed by atoms with van der Waals surface area (Å²) in [6.45, 7) is 13.9. The van der Waals surface area contributed by atoms with Crippen LogP contribution >= 0.6 is 0 Å². The molecule has 0 bridgehead atoms. The molecule has 0 fully saturated rings. The number of rotatable bonds is 1. The molecule has 0 N–H and O–H groups in total. The van der Waals surface area contributed by atoms with Crippen LogP contribution in [0.3, 0.4) is 0 Å². The lowest BCUT2D eigenvalue weighted by molar-refractivity contribution is 0.590. The highest BCUT2D eigenvalue weighted by molar-refractivity contribution is 6.90. The van der Waals surface area contributed by atoms with Crippen molar-refractivity contribution in [2.45, 2.75) is 52.4 Å². The van der Waals surface area contributed by atoms with E-state index in [2.05, 4.69) is 166 Å². The van der Waals surface area contributed by atoms with E-state index in [4.69, 9.17) is 0 Å². The van der Waals surface area contributed by atoms with Crippen molar-refractivity contribution in [2.75, 3.05) is 4.90 Å². The minimum Gasteiger partial charge on any atom is -0.375 e. The van der Waals surface area contributed by atoms with E-state index in [1.165, 1.54) is 82.8 Å². The Balaban J connectivity index is 1.41. The topological polar surface area (TPSA) is 8.17 Å². The predicted molar refractivity (Wildman–Crippen MR) is 195 cm³/mol. The molecule has 218 valence electrons. The number of anilines is 3. The van der Waals surface area contributed by atoms with Gasteiger partial charge >= 0.3 is 6.85 Å². The van der Waals surface area contributed by atoms with Crippen molar-refractivity contribution in [2.24, 2.45) is 0 Å². The van der Waals surface area contributed by atoms with E-state index in [0.717, 1.165) is 0 Å². The van der Waals surface area contributed by atoms with Gasteiger partial charge in [-0.1, -0.05) is 126 Å². The summed E-state index contributed by atoms with van der Waals surface area (Å²) < 4.78 is 2.67. The van der Waals surface area contributed by atoms with E-state index >= 15 is 0 Å². The Labute approximate surface area is 266 Å². The second-order valence-electron chi connectivity index (χ2n) is 15.0. The number of aromatic nitrogens is 1. The number of fused-ring (bicyclic) bond motifs is 9. The SMILES string of the molecule is CC(C)(C)c1ccc(N2c3ccc(C(C)(C)C)cc3B3c4c(cccc42)-c2cccc4c5c6ccccc6ccc5n3c24)cc1. The summed E-state index contributed by atoms with van der Waals surface area (Å²) in [5, 5.41) is 5.30. The van der Waals surface area contributed by atoms with Gasteiger partial charge in [0.1, 0.15) is 0 Å². The van der Waals surface area contributed by atoms with Gasteiger partial charge in [-0.15, -0.1) is 0 Å². The summed E-state index contributed by atoms with van der Waals surface area (Å²) in [5.74, 6) is 0. The normalized spacial score (nSPS) is 13.9. The lowest BCUT2D eigenvalue weighted by atomic mass is 9.45. The van der Waals surface area contributed by atoms with E-state index < -0.39 is 0 Å². The Bertz CT molecular complexity index is 2350. The van der Waals surface area contributed by atoms with Crippen molar-refractivity contribution >= 4 is 67.4 Å². The molecule has 1 aromatic heterocycles. The first-order valence-corrected chi connectivity index (χ1v) is 16.2. The van der Waals surface area contributed by atoms with Gasteiger partial charge in [0, 0.05) is 44.4 Å². The molecule has 9 rings (SSSR count). The summed E-state index contributed by atoms with van der Waals surface area (Å²) in [7, 11) is 0. The van der Waals surface area contributed by atoms with Crippen LogP contribution in [0.15, 0.2) is 115 Å². The molecule has 6 aromatic carbocycles. The summed E-state index contributed by atoms with van der Waals surface area (Å²) >= 11 is 0. The molecule has 0 atom stereocenters. The summed E-state index contributed by atoms with van der Waals surface area (Å²) in [5.41, 5.74) is 14.6. The van der Waals surface area contributed by atoms with E-state index in [-0.39, 0.29) is 17.7 Å². The van der Waals surface area contributed by atoms with Gasteiger partial charge < -0.3 is 9.38 Å². The second-order valence-corrected chi connectivity index (χ2v) is 15.0. The van der Waals surface area contributed by atoms with Crippen LogP contribution in [0.4, 0.5) is 17.1 Å². The number of para-hydroxylation sites is 1. The molecule has 3 heteroatoms. The summed E-state index contributed by atoms with van der Waals surface area (Å²) in [6, 6.07) is 43.8. The van der Waals surface area contributed by atoms with Crippen molar-refractivity contribution in [3.63, 3.8) is 0 Å². The maximum absolute atomic E-state index is 2.67. The van der Waals surface area contributed by atoms with Crippen LogP contribution in [-0.2, 0) is 10.8 Å². The molecule has 3 heterocycles. The van der Waals surface area contributed by atoms with Crippen LogP contribution in [0, 0.1) is 0 Å². The molecule has 7 aromatic rings. The van der Waals surface area contributed by atoms with Gasteiger partial charge in [0.05, 0.1) is 0 Å². The van der Waals surface area contributed by atoms with Crippen LogP contribution in [0.1, 0.15) is 52.7 Å². The van der Waals surface area contributed by atoms with Crippen LogP contribution < -0.4 is 15.8 Å². The number of hydrogen-bond donors (Lipinski definition) is 0. The molecule has 2 aliphatic rings. The fourth-order valence-electron chi connectivity index (χ4n) is 8.01. The van der Waals surface area contributed by atoms with Crippen molar-refractivity contribution in [1.82, 2.24) is 4.48 Å². The third-order valence-electron chi connectivity index (χ3n) is 10.3. The first-order valence-electron chi connectivity index (χ1n) is 16.2. The molecule has 0 aliphatic carbocycles. The Hall–Kier alpha value is -4.76. The molecule has 0 unspecified atom stereocenters. The zero-order valence-electron chi connectivity index (χ0n) is 26.9. The first kappa shape index (κ1) is 26.6. The molecule has 0 saturated carbocycles. The highest BCUT2D eigenvalue weighted by Crippen LogP contribution is 2.46. The maximum atomic E-state index is 2.67. The Morgan fingerprint density at radius 2 is 1.24 bits per heavy atom. The minimum absolute atomic E-state index is 0.0326. The second kappa shape index (κ2) is 8.91. The molecular weight excluding hydrogens is 543 g/mol. The number of hydrogen-bond acceptors (Lipinski definition) is 1. The third kappa shape index (κ3) is 3.64. The Morgan fingerprint density at radius 1 is 0.556 bits per heavy atom. The van der Waals surface area contributed by atoms with Gasteiger partial charge in [0.15, 0.2) is 0 Å². The molecule has 0 radical (unpaired) electrons. The average Bonchev–Trinajstić information content (AvgIpc) is 3.37. The lowest BCUT2D eigenvalue weighted by Gasteiger charge is -2.41. The smallest absolute Gasteiger partial charge is 0.333 e. The van der Waals surface area contributed by atoms with Gasteiger partial charge in [-0.2, -0.15) is 0 Å². The maximum Gasteiger partial charge on any atom is 0.333 e. The Morgan fingerprint density at radius 3 is 2.02 bits per heavy atom. The standard InChI is InChI=1S/C42H37BN2/c1-41(2,3)27-18-21-29(22-19-27)44-35-24-20-28(42(4,5)6)25-34(35)43-39-31(13-10-16-37(39)44)32-14-9-15-33-38-30-12-8-7-11-26(30)17-23-36(38)45(43)40(32)33/h7-25H,1-6H3. The van der Waals surface area contributed by atoms with Gasteiger partial charge in [-0.05, 0) is 79.6 Å². The zero-order valence-corrected chi connectivity index (χ0v) is 26.9. The highest BCUT2D eigenvalue weighted by atomic mass is 15.2. The number of nitrogens with zero attached hydrogens (tertiary/aromatic N) is 2. The van der Waals surface area contributed by atoms with Crippen LogP contribution in [0.25, 0.3) is 43.7 Å². The minimum atomic E-state index is 0.0326. The van der Waals surface area contributed by atoms with E-state index in [1.54, 1.807) is 0 Å². The fourth-order valence-corrected chi connectivity index (χ4v) is 8.01. The van der Waals surface area contributed by atoms with Crippen LogP contribution in [-0.4, -0.2) is 11.3 Å². The number of benzene rings is 6. The molecular formula is C42H37BN2. The van der Waals surface area contributed by atoms with E-state index in [1.807, 2.05) is 0 Å². The first-order chi connectivity index (χ1) is 21.6. The molecule has 2 nitrogen and oxygen atoms in total. The summed E-state index contributed by atoms with van der Waals surface area (Å²) in [6.07, 6.45) is 0. The van der Waals surface area contributed by atoms with Crippen LogP contribution in [0.5, 0.6) is 0 Å². The van der Waals surface area contributed by atoms with Crippen molar-refractivity contribution in [3.8, 4) is 11.1 Å². The molecule has 0 saturated heterocycles. The van der Waals surface area contributed by atoms with Crippen molar-refractivity contribution in [3.05, 3.63) is 126 Å². The van der Waals surface area contributed by atoms with Crippen LogP contribution in [0.2, 0.25) is 0 Å². The van der Waals surface area contributed by atoms with Crippen molar-refractivity contribution in [1.29, 1.82) is 0 Å². The molecule has 45 heavy (non-hydrogen) atoms. The molecule has 0 amide bonds. The third-order valence-corrected chi connectivity index (χ3v) is 10.3. The summed E-state index contributed by atoms with van der Waals surface area (Å²) in [4.78, 5) is 2.51. The Kier molecular flexibility index (Phi) is 5.28. The van der Waals surface area contributed by atoms with E-state index in [9.17, 15) is 0 Å². The van der Waals surface area contributed by atoms with Gasteiger partial charge in [-0.25, -0.2) is 0 Å². The monoisotopic (exact) mass is 580 g/mol. The van der Waals surface area contributed by atoms with Gasteiger partial charge in [0.25, 0.3) is 0 Å². The van der Waals surface area contributed by atoms with Gasteiger partial charge in [-0.3, -0.25) is 0 Å².